The number of nitriles is 1. The van der Waals surface area contributed by atoms with Crippen molar-refractivity contribution in [3.05, 3.63) is 93.4 Å². The van der Waals surface area contributed by atoms with Gasteiger partial charge >= 0.3 is 11.9 Å². The summed E-state index contributed by atoms with van der Waals surface area (Å²) in [7, 11) is 0. The fourth-order valence-corrected chi connectivity index (χ4v) is 3.78. The van der Waals surface area contributed by atoms with E-state index in [-0.39, 0.29) is 40.9 Å². The lowest BCUT2D eigenvalue weighted by Gasteiger charge is -2.22. The predicted molar refractivity (Wildman–Crippen MR) is 137 cm³/mol. The van der Waals surface area contributed by atoms with Crippen molar-refractivity contribution in [2.75, 3.05) is 5.32 Å². The topological polar surface area (TPSA) is 119 Å². The fourth-order valence-electron chi connectivity index (χ4n) is 3.78. The minimum absolute atomic E-state index is 0.0209. The van der Waals surface area contributed by atoms with Crippen LogP contribution in [0.4, 0.5) is 34.9 Å². The maximum absolute atomic E-state index is 13.2. The van der Waals surface area contributed by atoms with E-state index in [0.29, 0.717) is 11.1 Å². The maximum Gasteiger partial charge on any atom is 0.433 e. The second-order valence-corrected chi connectivity index (χ2v) is 9.65. The van der Waals surface area contributed by atoms with Gasteiger partial charge in [0.25, 0.3) is 0 Å². The number of ether oxygens (including phenoxy) is 1. The lowest BCUT2D eigenvalue weighted by atomic mass is 10.1. The van der Waals surface area contributed by atoms with Crippen LogP contribution in [0.5, 0.6) is 5.75 Å². The second-order valence-electron chi connectivity index (χ2n) is 9.65. The molecule has 0 radical (unpaired) electrons. The van der Waals surface area contributed by atoms with E-state index in [2.05, 4.69) is 15.4 Å². The molecule has 9 nitrogen and oxygen atoms in total. The van der Waals surface area contributed by atoms with Crippen molar-refractivity contribution >= 4 is 17.3 Å². The number of aromatic nitrogens is 3. The molecule has 2 heterocycles. The van der Waals surface area contributed by atoms with E-state index in [1.165, 1.54) is 59.3 Å². The van der Waals surface area contributed by atoms with Crippen molar-refractivity contribution in [2.24, 2.45) is 0 Å². The largest absolute Gasteiger partial charge is 0.482 e. The lowest BCUT2D eigenvalue weighted by molar-refractivity contribution is -0.385. The highest BCUT2D eigenvalue weighted by atomic mass is 19.4. The van der Waals surface area contributed by atoms with Gasteiger partial charge in [0, 0.05) is 11.6 Å². The molecular weight excluding hydrogens is 532 g/mol. The van der Waals surface area contributed by atoms with Gasteiger partial charge in [-0.25, -0.2) is 14.1 Å². The summed E-state index contributed by atoms with van der Waals surface area (Å²) < 4.78 is 60.0. The zero-order valence-electron chi connectivity index (χ0n) is 21.5. The highest BCUT2D eigenvalue weighted by molar-refractivity contribution is 5.77. The number of nitrogens with one attached hydrogen (secondary N) is 1. The van der Waals surface area contributed by atoms with Crippen LogP contribution in [0, 0.1) is 27.3 Å². The van der Waals surface area contributed by atoms with Crippen LogP contribution in [0.3, 0.4) is 0 Å². The molecule has 2 aromatic carbocycles. The van der Waals surface area contributed by atoms with Crippen LogP contribution in [0.2, 0.25) is 0 Å². The number of halogens is 4. The Morgan fingerprint density at radius 3 is 2.40 bits per heavy atom. The molecule has 0 aliphatic carbocycles. The van der Waals surface area contributed by atoms with E-state index >= 15 is 0 Å². The van der Waals surface area contributed by atoms with Crippen LogP contribution in [-0.2, 0) is 18.3 Å². The zero-order valence-corrected chi connectivity index (χ0v) is 21.5. The number of benzene rings is 2. The first-order valence-corrected chi connectivity index (χ1v) is 11.8. The molecule has 0 spiro atoms. The number of hydrogen-bond donors (Lipinski definition) is 1. The molecule has 2 aromatic heterocycles. The van der Waals surface area contributed by atoms with E-state index in [9.17, 15) is 32.9 Å². The number of nitrogens with zero attached hydrogens (tertiary/aromatic N) is 5. The summed E-state index contributed by atoms with van der Waals surface area (Å²) in [6.07, 6.45) is -4.67. The van der Waals surface area contributed by atoms with Crippen molar-refractivity contribution < 1.29 is 27.2 Å². The Morgan fingerprint density at radius 1 is 1.10 bits per heavy atom. The van der Waals surface area contributed by atoms with Crippen LogP contribution in [0.25, 0.3) is 11.3 Å². The molecule has 1 N–H and O–H groups in total. The molecule has 0 saturated carbocycles. The Bertz CT molecular complexity index is 1600. The van der Waals surface area contributed by atoms with Crippen LogP contribution in [0.1, 0.15) is 37.6 Å². The monoisotopic (exact) mass is 554 g/mol. The number of rotatable bonds is 7. The highest BCUT2D eigenvalue weighted by Crippen LogP contribution is 2.38. The third-order valence-corrected chi connectivity index (χ3v) is 5.66. The van der Waals surface area contributed by atoms with Gasteiger partial charge in [-0.15, -0.1) is 0 Å². The van der Waals surface area contributed by atoms with Crippen LogP contribution in [0.15, 0.2) is 60.7 Å². The summed E-state index contributed by atoms with van der Waals surface area (Å²) in [4.78, 5) is 14.6. The van der Waals surface area contributed by atoms with Gasteiger partial charge in [-0.2, -0.15) is 23.5 Å². The van der Waals surface area contributed by atoms with Gasteiger partial charge in [-0.3, -0.25) is 10.1 Å². The van der Waals surface area contributed by atoms with Gasteiger partial charge < -0.3 is 10.1 Å². The number of pyridine rings is 1. The summed E-state index contributed by atoms with van der Waals surface area (Å²) >= 11 is 0. The van der Waals surface area contributed by atoms with Crippen molar-refractivity contribution in [1.29, 1.82) is 5.26 Å². The van der Waals surface area contributed by atoms with Crippen molar-refractivity contribution in [1.82, 2.24) is 14.8 Å². The number of nitro groups is 1. The first-order chi connectivity index (χ1) is 18.8. The molecule has 0 amide bonds. The summed E-state index contributed by atoms with van der Waals surface area (Å²) in [6.45, 7) is 5.24. The lowest BCUT2D eigenvalue weighted by Crippen LogP contribution is -2.25. The SMILES string of the molecule is CC(C)(C)n1nc(-c2ccc([N+](=O)[O-])c(OCc3ccc(F)cc3)c2)c(C#N)c1Nc1cccc(C(F)(F)F)n1. The normalized spacial score (nSPS) is 11.7. The Labute approximate surface area is 225 Å². The molecule has 0 aliphatic heterocycles. The van der Waals surface area contributed by atoms with Gasteiger partial charge in [-0.05, 0) is 62.7 Å². The first-order valence-electron chi connectivity index (χ1n) is 11.8. The molecule has 0 aliphatic rings. The van der Waals surface area contributed by atoms with E-state index in [1.807, 2.05) is 6.07 Å². The maximum atomic E-state index is 13.2. The van der Waals surface area contributed by atoms with Crippen molar-refractivity contribution in [3.63, 3.8) is 0 Å². The average Bonchev–Trinajstić information content (AvgIpc) is 3.26. The first kappa shape index (κ1) is 28.0. The Morgan fingerprint density at radius 2 is 1.80 bits per heavy atom. The third kappa shape index (κ3) is 6.01. The van der Waals surface area contributed by atoms with Gasteiger partial charge in [0.2, 0.25) is 0 Å². The van der Waals surface area contributed by atoms with E-state index in [4.69, 9.17) is 4.74 Å². The van der Waals surface area contributed by atoms with Crippen molar-refractivity contribution in [3.8, 4) is 23.1 Å². The molecule has 206 valence electrons. The van der Waals surface area contributed by atoms with Crippen LogP contribution >= 0.6 is 0 Å². The van der Waals surface area contributed by atoms with Gasteiger partial charge in [0.1, 0.15) is 47.1 Å². The molecule has 0 bridgehead atoms. The standard InChI is InChI=1S/C27H22F4N6O3/c1-26(2,3)36-25(34-23-6-4-5-22(33-23)27(29,30)31)19(14-32)24(35-36)17-9-12-20(37(38)39)21(13-17)40-15-16-7-10-18(28)11-8-16/h4-13H,15H2,1-3H3,(H,33,34). The van der Waals surface area contributed by atoms with E-state index in [0.717, 1.165) is 6.07 Å². The molecule has 0 unspecified atom stereocenters. The third-order valence-electron chi connectivity index (χ3n) is 5.66. The molecule has 0 atom stereocenters. The molecule has 4 aromatic rings. The van der Waals surface area contributed by atoms with Crippen LogP contribution in [-0.4, -0.2) is 19.7 Å². The fraction of sp³-hybridized carbons (Fsp3) is 0.222. The summed E-state index contributed by atoms with van der Waals surface area (Å²) in [5.41, 5.74) is -1.24. The number of hydrogen-bond acceptors (Lipinski definition) is 7. The number of nitro benzene ring substituents is 1. The minimum Gasteiger partial charge on any atom is -0.482 e. The smallest absolute Gasteiger partial charge is 0.433 e. The minimum atomic E-state index is -4.67. The number of alkyl halides is 3. The molecular formula is C27H22F4N6O3. The van der Waals surface area contributed by atoms with Crippen molar-refractivity contribution in [2.45, 2.75) is 39.1 Å². The second kappa shape index (κ2) is 10.6. The Hall–Kier alpha value is -4.99. The average molecular weight is 555 g/mol. The van der Waals surface area contributed by atoms with Gasteiger partial charge in [0.15, 0.2) is 5.75 Å². The quantitative estimate of drug-likeness (QED) is 0.149. The van der Waals surface area contributed by atoms with E-state index < -0.39 is 28.1 Å². The molecule has 40 heavy (non-hydrogen) atoms. The molecule has 0 fully saturated rings. The van der Waals surface area contributed by atoms with Gasteiger partial charge in [0.05, 0.1) is 10.5 Å². The summed E-state index contributed by atoms with van der Waals surface area (Å²) in [5, 5.41) is 29.1. The van der Waals surface area contributed by atoms with E-state index in [1.54, 1.807) is 20.8 Å². The van der Waals surface area contributed by atoms with Gasteiger partial charge in [-0.1, -0.05) is 18.2 Å². The molecule has 13 heteroatoms. The highest BCUT2D eigenvalue weighted by Gasteiger charge is 2.33. The Kier molecular flexibility index (Phi) is 7.46. The number of anilines is 2. The zero-order chi connectivity index (χ0) is 29.2. The summed E-state index contributed by atoms with van der Waals surface area (Å²) in [6, 6.07) is 14.7. The Balaban J connectivity index is 1.79. The predicted octanol–water partition coefficient (Wildman–Crippen LogP) is 6.96. The molecule has 4 rings (SSSR count). The van der Waals surface area contributed by atoms with Crippen LogP contribution < -0.4 is 10.1 Å². The summed E-state index contributed by atoms with van der Waals surface area (Å²) in [5.74, 6) is -0.630. The molecule has 0 saturated heterocycles.